The highest BCUT2D eigenvalue weighted by atomic mass is 16.6. The number of β-lactam (4-membered cyclic amide) rings is 1. The molecule has 0 aromatic heterocycles. The number of nitrogens with one attached hydrogen (secondary N) is 1. The summed E-state index contributed by atoms with van der Waals surface area (Å²) in [7, 11) is 0. The van der Waals surface area contributed by atoms with Gasteiger partial charge in [0.1, 0.15) is 11.6 Å². The first-order valence-electron chi connectivity index (χ1n) is 4.74. The Kier molecular flexibility index (Phi) is 2.90. The molecule has 0 aromatic carbocycles. The van der Waals surface area contributed by atoms with Crippen molar-refractivity contribution >= 4 is 12.0 Å². The second kappa shape index (κ2) is 3.69. The van der Waals surface area contributed by atoms with E-state index >= 15 is 0 Å². The van der Waals surface area contributed by atoms with E-state index in [-0.39, 0.29) is 0 Å². The van der Waals surface area contributed by atoms with E-state index in [4.69, 9.17) is 9.94 Å². The lowest BCUT2D eigenvalue weighted by Crippen LogP contribution is -2.68. The van der Waals surface area contributed by atoms with Gasteiger partial charge in [-0.15, -0.1) is 0 Å². The summed E-state index contributed by atoms with van der Waals surface area (Å²) in [5.74, 6) is -0.520. The largest absolute Gasteiger partial charge is 0.444 e. The van der Waals surface area contributed by atoms with Crippen molar-refractivity contribution in [3.8, 4) is 0 Å². The minimum absolute atomic E-state index is 0.412. The molecule has 1 aliphatic heterocycles. The average Bonchev–Trinajstić information content (AvgIpc) is 2.09. The molecule has 15 heavy (non-hydrogen) atoms. The van der Waals surface area contributed by atoms with E-state index in [1.165, 1.54) is 0 Å². The molecule has 1 fully saturated rings. The SMILES string of the molecule is C[C@H]1[C@H](NC(=O)OC(C)(C)C)C(=O)N1O. The fourth-order valence-electron chi connectivity index (χ4n) is 1.23. The van der Waals surface area contributed by atoms with Gasteiger partial charge in [0.05, 0.1) is 6.04 Å². The number of hydrogen-bond acceptors (Lipinski definition) is 4. The van der Waals surface area contributed by atoms with E-state index in [1.807, 2.05) is 0 Å². The van der Waals surface area contributed by atoms with E-state index in [2.05, 4.69) is 5.32 Å². The van der Waals surface area contributed by atoms with Crippen LogP contribution in [0.25, 0.3) is 0 Å². The molecule has 1 rings (SSSR count). The van der Waals surface area contributed by atoms with E-state index in [1.54, 1.807) is 27.7 Å². The summed E-state index contributed by atoms with van der Waals surface area (Å²) in [4.78, 5) is 22.4. The van der Waals surface area contributed by atoms with Gasteiger partial charge in [-0.05, 0) is 27.7 Å². The Hall–Kier alpha value is -1.30. The van der Waals surface area contributed by atoms with Crippen molar-refractivity contribution in [2.45, 2.75) is 45.4 Å². The minimum atomic E-state index is -0.690. The van der Waals surface area contributed by atoms with Crippen LogP contribution in [0.1, 0.15) is 27.7 Å². The molecule has 0 saturated carbocycles. The van der Waals surface area contributed by atoms with Crippen LogP contribution in [0.2, 0.25) is 0 Å². The lowest BCUT2D eigenvalue weighted by Gasteiger charge is -2.40. The van der Waals surface area contributed by atoms with Crippen molar-refractivity contribution in [1.29, 1.82) is 0 Å². The molecule has 1 aliphatic rings. The van der Waals surface area contributed by atoms with Crippen LogP contribution in [0, 0.1) is 0 Å². The first-order valence-corrected chi connectivity index (χ1v) is 4.74. The fraction of sp³-hybridized carbons (Fsp3) is 0.778. The maximum atomic E-state index is 11.3. The molecule has 1 saturated heterocycles. The predicted octanol–water partition coefficient (Wildman–Crippen LogP) is 0.500. The van der Waals surface area contributed by atoms with Gasteiger partial charge in [0.15, 0.2) is 0 Å². The third kappa shape index (κ3) is 2.59. The molecule has 2 N–H and O–H groups in total. The Morgan fingerprint density at radius 1 is 1.53 bits per heavy atom. The van der Waals surface area contributed by atoms with E-state index in [0.29, 0.717) is 5.06 Å². The van der Waals surface area contributed by atoms with Gasteiger partial charge in [-0.2, -0.15) is 0 Å². The zero-order valence-electron chi connectivity index (χ0n) is 9.27. The monoisotopic (exact) mass is 216 g/mol. The van der Waals surface area contributed by atoms with Crippen LogP contribution < -0.4 is 5.32 Å². The Balaban J connectivity index is 2.44. The molecule has 0 radical (unpaired) electrons. The standard InChI is InChI=1S/C9H16N2O4/c1-5-6(7(12)11(5)14)10-8(13)15-9(2,3)4/h5-6,14H,1-4H3,(H,10,13)/t5-,6-/m0/s1. The van der Waals surface area contributed by atoms with Gasteiger partial charge in [-0.25, -0.2) is 9.86 Å². The molecule has 2 atom stereocenters. The third-order valence-electron chi connectivity index (χ3n) is 2.03. The quantitative estimate of drug-likeness (QED) is 0.494. The lowest BCUT2D eigenvalue weighted by atomic mass is 10.0. The smallest absolute Gasteiger partial charge is 0.408 e. The number of hydroxylamine groups is 2. The highest BCUT2D eigenvalue weighted by Gasteiger charge is 2.45. The van der Waals surface area contributed by atoms with Crippen LogP contribution in [-0.4, -0.2) is 40.0 Å². The van der Waals surface area contributed by atoms with Gasteiger partial charge in [0, 0.05) is 0 Å². The normalized spacial score (nSPS) is 25.9. The molecule has 6 nitrogen and oxygen atoms in total. The summed E-state index contributed by atoms with van der Waals surface area (Å²) in [5, 5.41) is 12.0. The molecule has 6 heteroatoms. The first kappa shape index (κ1) is 11.8. The van der Waals surface area contributed by atoms with Crippen LogP contribution in [-0.2, 0) is 9.53 Å². The van der Waals surface area contributed by atoms with Gasteiger partial charge in [-0.3, -0.25) is 10.0 Å². The average molecular weight is 216 g/mol. The molecule has 2 amide bonds. The zero-order chi connectivity index (χ0) is 11.8. The van der Waals surface area contributed by atoms with E-state index < -0.39 is 29.7 Å². The van der Waals surface area contributed by atoms with Crippen molar-refractivity contribution < 1.29 is 19.5 Å². The molecule has 0 aliphatic carbocycles. The molecule has 0 unspecified atom stereocenters. The molecule has 0 aromatic rings. The Labute approximate surface area is 88.1 Å². The Morgan fingerprint density at radius 2 is 2.07 bits per heavy atom. The summed E-state index contributed by atoms with van der Waals surface area (Å²) in [6.45, 7) is 6.83. The van der Waals surface area contributed by atoms with Crippen molar-refractivity contribution in [1.82, 2.24) is 10.4 Å². The fourth-order valence-corrected chi connectivity index (χ4v) is 1.23. The van der Waals surface area contributed by atoms with Crippen LogP contribution in [0.5, 0.6) is 0 Å². The number of ether oxygens (including phenoxy) is 1. The zero-order valence-corrected chi connectivity index (χ0v) is 9.27. The highest BCUT2D eigenvalue weighted by Crippen LogP contribution is 2.17. The number of hydrogen-bond donors (Lipinski definition) is 2. The van der Waals surface area contributed by atoms with Crippen molar-refractivity contribution in [3.05, 3.63) is 0 Å². The number of rotatable bonds is 1. The summed E-state index contributed by atoms with van der Waals surface area (Å²) in [5.41, 5.74) is -0.598. The van der Waals surface area contributed by atoms with Crippen molar-refractivity contribution in [3.63, 3.8) is 0 Å². The van der Waals surface area contributed by atoms with Crippen LogP contribution in [0.4, 0.5) is 4.79 Å². The summed E-state index contributed by atoms with van der Waals surface area (Å²) in [6.07, 6.45) is -0.652. The number of carbonyl (C=O) groups excluding carboxylic acids is 2. The summed E-state index contributed by atoms with van der Waals surface area (Å²) in [6, 6.07) is -1.10. The number of amides is 2. The second-order valence-corrected chi connectivity index (χ2v) is 4.55. The van der Waals surface area contributed by atoms with E-state index in [0.717, 1.165) is 0 Å². The molecule has 0 bridgehead atoms. The van der Waals surface area contributed by atoms with Crippen molar-refractivity contribution in [2.24, 2.45) is 0 Å². The van der Waals surface area contributed by atoms with Gasteiger partial charge >= 0.3 is 6.09 Å². The van der Waals surface area contributed by atoms with Gasteiger partial charge in [-0.1, -0.05) is 0 Å². The molecular weight excluding hydrogens is 200 g/mol. The van der Waals surface area contributed by atoms with E-state index in [9.17, 15) is 9.59 Å². The van der Waals surface area contributed by atoms with Gasteiger partial charge in [0.2, 0.25) is 0 Å². The molecule has 86 valence electrons. The van der Waals surface area contributed by atoms with Crippen LogP contribution in [0.3, 0.4) is 0 Å². The minimum Gasteiger partial charge on any atom is -0.444 e. The Morgan fingerprint density at radius 3 is 2.47 bits per heavy atom. The first-order chi connectivity index (χ1) is 6.72. The molecule has 1 heterocycles. The van der Waals surface area contributed by atoms with Gasteiger partial charge in [0.25, 0.3) is 5.91 Å². The van der Waals surface area contributed by atoms with Crippen LogP contribution in [0.15, 0.2) is 0 Å². The van der Waals surface area contributed by atoms with Gasteiger partial charge < -0.3 is 10.1 Å². The third-order valence-corrected chi connectivity index (χ3v) is 2.03. The molecule has 0 spiro atoms. The maximum absolute atomic E-state index is 11.3. The predicted molar refractivity (Wildman–Crippen MR) is 51.3 cm³/mol. The number of carbonyl (C=O) groups is 2. The number of alkyl carbamates (subject to hydrolysis) is 1. The number of nitrogens with zero attached hydrogens (tertiary/aromatic N) is 1. The molecular formula is C9H16N2O4. The highest BCUT2D eigenvalue weighted by molar-refractivity contribution is 5.91. The van der Waals surface area contributed by atoms with Crippen molar-refractivity contribution in [2.75, 3.05) is 0 Å². The maximum Gasteiger partial charge on any atom is 0.408 e. The Bertz CT molecular complexity index is 284. The van der Waals surface area contributed by atoms with Crippen LogP contribution >= 0.6 is 0 Å². The lowest BCUT2D eigenvalue weighted by molar-refractivity contribution is -0.206. The second-order valence-electron chi connectivity index (χ2n) is 4.55. The topological polar surface area (TPSA) is 78.9 Å². The summed E-state index contributed by atoms with van der Waals surface area (Å²) >= 11 is 0. The summed E-state index contributed by atoms with van der Waals surface area (Å²) < 4.78 is 4.97.